The molecule has 15 heteroatoms. The summed E-state index contributed by atoms with van der Waals surface area (Å²) in [7, 11) is 1.54. The molecule has 15 nitrogen and oxygen atoms in total. The number of carbonyl (C=O) groups is 5. The van der Waals surface area contributed by atoms with E-state index in [1.807, 2.05) is 0 Å². The first-order valence-corrected chi connectivity index (χ1v) is 16.8. The van der Waals surface area contributed by atoms with Crippen LogP contribution in [-0.4, -0.2) is 102 Å². The van der Waals surface area contributed by atoms with E-state index in [0.717, 1.165) is 5.56 Å². The molecule has 0 bridgehead atoms. The molecule has 4 amide bonds. The van der Waals surface area contributed by atoms with Crippen LogP contribution in [0.2, 0.25) is 0 Å². The number of nitrogens with zero attached hydrogens (tertiary/aromatic N) is 2. The number of piperazine rings is 1. The molecule has 3 rings (SSSR count). The Bertz CT molecular complexity index is 1550. The topological polar surface area (TPSA) is 205 Å². The van der Waals surface area contributed by atoms with E-state index >= 15 is 0 Å². The maximum atomic E-state index is 14.4. The van der Waals surface area contributed by atoms with Gasteiger partial charge in [0.2, 0.25) is 11.8 Å². The maximum Gasteiger partial charge on any atom is 0.407 e. The standard InChI is InChI=1S/C36H51N7O8/c1-35(2,3)50-29(44)22-42-19-20-43(28(32(42)47)9-8-18-39-34(48)51-36(4,5)6)31(46)27(21-23-10-16-26(49-7)17-11-23)41-30(45)24-12-14-25(15-13-24)40-33(37)38/h10-17,27-28H,8-9,18-22H2,1-7H3,(H,39,48)(H,41,45)(H4,37,38,40)/t27?,28-/m0/s1. The SMILES string of the molecule is COc1ccc(CC(NC(=O)c2ccc(NC(=N)N)cc2)C(=O)N2CCN(CC(=O)OC(C)(C)C)C(=O)[C@@H]2CCCNC(=O)OC(C)(C)C)cc1. The summed E-state index contributed by atoms with van der Waals surface area (Å²) in [5.41, 5.74) is 5.48. The van der Waals surface area contributed by atoms with Crippen LogP contribution in [0.5, 0.6) is 5.75 Å². The van der Waals surface area contributed by atoms with Crippen molar-refractivity contribution in [2.75, 3.05) is 38.6 Å². The lowest BCUT2D eigenvalue weighted by molar-refractivity contribution is -0.163. The van der Waals surface area contributed by atoms with E-state index in [-0.39, 0.29) is 50.5 Å². The van der Waals surface area contributed by atoms with Crippen molar-refractivity contribution in [1.29, 1.82) is 5.41 Å². The number of hydrogen-bond donors (Lipinski definition) is 5. The van der Waals surface area contributed by atoms with Crippen molar-refractivity contribution in [2.45, 2.75) is 84.1 Å². The average molecular weight is 710 g/mol. The van der Waals surface area contributed by atoms with Gasteiger partial charge in [-0.2, -0.15) is 0 Å². The van der Waals surface area contributed by atoms with Crippen LogP contribution in [0.3, 0.4) is 0 Å². The summed E-state index contributed by atoms with van der Waals surface area (Å²) in [5.74, 6) is -1.66. The highest BCUT2D eigenvalue weighted by Crippen LogP contribution is 2.21. The highest BCUT2D eigenvalue weighted by molar-refractivity contribution is 5.99. The normalized spacial score (nSPS) is 15.4. The number of rotatable bonds is 13. The van der Waals surface area contributed by atoms with Crippen molar-refractivity contribution in [3.05, 3.63) is 59.7 Å². The van der Waals surface area contributed by atoms with E-state index in [9.17, 15) is 24.0 Å². The van der Waals surface area contributed by atoms with E-state index in [1.54, 1.807) is 85.1 Å². The number of hydrogen-bond acceptors (Lipinski definition) is 9. The molecule has 1 heterocycles. The van der Waals surface area contributed by atoms with Crippen LogP contribution in [0.1, 0.15) is 70.3 Å². The van der Waals surface area contributed by atoms with E-state index in [0.29, 0.717) is 17.9 Å². The molecule has 0 aliphatic carbocycles. The van der Waals surface area contributed by atoms with Crippen molar-refractivity contribution in [3.8, 4) is 5.75 Å². The smallest absolute Gasteiger partial charge is 0.407 e. The zero-order valence-electron chi connectivity index (χ0n) is 30.5. The van der Waals surface area contributed by atoms with E-state index < -0.39 is 53.1 Å². The Morgan fingerprint density at radius 1 is 0.941 bits per heavy atom. The predicted octanol–water partition coefficient (Wildman–Crippen LogP) is 3.03. The van der Waals surface area contributed by atoms with Gasteiger partial charge in [0, 0.05) is 37.3 Å². The lowest BCUT2D eigenvalue weighted by Crippen LogP contribution is -2.63. The summed E-state index contributed by atoms with van der Waals surface area (Å²) in [6.07, 6.45) is -0.0172. The van der Waals surface area contributed by atoms with Crippen LogP contribution in [0, 0.1) is 5.41 Å². The Morgan fingerprint density at radius 3 is 2.14 bits per heavy atom. The van der Waals surface area contributed by atoms with Gasteiger partial charge in [-0.05, 0) is 96.3 Å². The Hall–Kier alpha value is -5.34. The Labute approximate surface area is 299 Å². The fourth-order valence-corrected chi connectivity index (χ4v) is 5.37. The third kappa shape index (κ3) is 13.1. The minimum absolute atomic E-state index is 0.0737. The monoisotopic (exact) mass is 709 g/mol. The number of nitrogens with one attached hydrogen (secondary N) is 4. The zero-order valence-corrected chi connectivity index (χ0v) is 30.5. The van der Waals surface area contributed by atoms with Crippen LogP contribution in [-0.2, 0) is 30.3 Å². The highest BCUT2D eigenvalue weighted by Gasteiger charge is 2.40. The molecule has 0 aromatic heterocycles. The average Bonchev–Trinajstić information content (AvgIpc) is 3.02. The number of benzene rings is 2. The number of esters is 1. The van der Waals surface area contributed by atoms with Gasteiger partial charge in [-0.15, -0.1) is 0 Å². The molecule has 1 saturated heterocycles. The van der Waals surface area contributed by atoms with Crippen LogP contribution >= 0.6 is 0 Å². The van der Waals surface area contributed by atoms with Gasteiger partial charge in [0.25, 0.3) is 5.91 Å². The second-order valence-electron chi connectivity index (χ2n) is 14.2. The molecule has 51 heavy (non-hydrogen) atoms. The summed E-state index contributed by atoms with van der Waals surface area (Å²) < 4.78 is 16.0. The van der Waals surface area contributed by atoms with Crippen LogP contribution < -0.4 is 26.4 Å². The van der Waals surface area contributed by atoms with Crippen LogP contribution in [0.4, 0.5) is 10.5 Å². The van der Waals surface area contributed by atoms with E-state index in [1.165, 1.54) is 21.9 Å². The second-order valence-corrected chi connectivity index (χ2v) is 14.2. The van der Waals surface area contributed by atoms with Crippen molar-refractivity contribution < 1.29 is 38.2 Å². The molecular weight excluding hydrogens is 658 g/mol. The number of anilines is 1. The summed E-state index contributed by atoms with van der Waals surface area (Å²) in [6, 6.07) is 11.3. The number of methoxy groups -OCH3 is 1. The lowest BCUT2D eigenvalue weighted by Gasteiger charge is -2.42. The van der Waals surface area contributed by atoms with Crippen molar-refractivity contribution in [3.63, 3.8) is 0 Å². The molecule has 1 unspecified atom stereocenters. The molecule has 1 aliphatic rings. The van der Waals surface area contributed by atoms with E-state index in [2.05, 4.69) is 16.0 Å². The number of guanidine groups is 1. The largest absolute Gasteiger partial charge is 0.497 e. The Kier molecular flexibility index (Phi) is 13.8. The van der Waals surface area contributed by atoms with Crippen molar-refractivity contribution in [1.82, 2.24) is 20.4 Å². The first-order valence-electron chi connectivity index (χ1n) is 16.8. The van der Waals surface area contributed by atoms with Gasteiger partial charge < -0.3 is 45.7 Å². The van der Waals surface area contributed by atoms with Gasteiger partial charge in [-0.3, -0.25) is 24.6 Å². The van der Waals surface area contributed by atoms with Crippen molar-refractivity contribution >= 4 is 41.4 Å². The second kappa shape index (κ2) is 17.5. The predicted molar refractivity (Wildman–Crippen MR) is 191 cm³/mol. The Morgan fingerprint density at radius 2 is 1.57 bits per heavy atom. The van der Waals surface area contributed by atoms with Crippen molar-refractivity contribution in [2.24, 2.45) is 5.73 Å². The third-order valence-corrected chi connectivity index (χ3v) is 7.56. The Balaban J connectivity index is 1.87. The molecule has 2 aromatic rings. The number of nitrogens with two attached hydrogens (primary N) is 1. The number of amides is 4. The maximum absolute atomic E-state index is 14.4. The fraction of sp³-hybridized carbons (Fsp3) is 0.500. The van der Waals surface area contributed by atoms with E-state index in [4.69, 9.17) is 25.4 Å². The van der Waals surface area contributed by atoms with Gasteiger partial charge in [0.05, 0.1) is 7.11 Å². The number of alkyl carbamates (subject to hydrolysis) is 1. The quantitative estimate of drug-likeness (QED) is 0.0890. The molecule has 0 spiro atoms. The zero-order chi connectivity index (χ0) is 37.9. The molecule has 0 radical (unpaired) electrons. The number of ether oxygens (including phenoxy) is 3. The van der Waals surface area contributed by atoms with Gasteiger partial charge in [0.15, 0.2) is 5.96 Å². The molecule has 1 aliphatic heterocycles. The molecule has 2 atom stereocenters. The summed E-state index contributed by atoms with van der Waals surface area (Å²) in [4.78, 5) is 69.6. The fourth-order valence-electron chi connectivity index (χ4n) is 5.37. The van der Waals surface area contributed by atoms with Crippen LogP contribution in [0.25, 0.3) is 0 Å². The van der Waals surface area contributed by atoms with Gasteiger partial charge in [-0.1, -0.05) is 12.1 Å². The first kappa shape index (κ1) is 40.1. The summed E-state index contributed by atoms with van der Waals surface area (Å²) in [6.45, 7) is 10.5. The molecule has 6 N–H and O–H groups in total. The molecule has 1 fully saturated rings. The van der Waals surface area contributed by atoms with Crippen LogP contribution in [0.15, 0.2) is 48.5 Å². The van der Waals surface area contributed by atoms with Gasteiger partial charge in [-0.25, -0.2) is 4.79 Å². The lowest BCUT2D eigenvalue weighted by atomic mass is 9.99. The molecular formula is C36H51N7O8. The molecule has 2 aromatic carbocycles. The highest BCUT2D eigenvalue weighted by atomic mass is 16.6. The summed E-state index contributed by atoms with van der Waals surface area (Å²) >= 11 is 0. The van der Waals surface area contributed by atoms with Gasteiger partial charge in [0.1, 0.15) is 35.6 Å². The number of carbonyl (C=O) groups excluding carboxylic acids is 5. The minimum Gasteiger partial charge on any atom is -0.497 e. The summed E-state index contributed by atoms with van der Waals surface area (Å²) in [5, 5.41) is 15.6. The third-order valence-electron chi connectivity index (χ3n) is 7.56. The minimum atomic E-state index is -1.08. The first-order chi connectivity index (χ1) is 23.8. The molecule has 0 saturated carbocycles. The molecule has 278 valence electrons. The van der Waals surface area contributed by atoms with Gasteiger partial charge >= 0.3 is 12.1 Å².